The summed E-state index contributed by atoms with van der Waals surface area (Å²) in [5.41, 5.74) is 7.07. The first-order valence-corrected chi connectivity index (χ1v) is 7.22. The standard InChI is InChI=1S/C11H16N2O2S/c1-16(14,15)11-5-4-9(12)8-10(11)13-6-2-3-7-13/h4-5,8H,2-3,6-7,12H2,1H3. The van der Waals surface area contributed by atoms with Gasteiger partial charge in [-0.3, -0.25) is 0 Å². The van der Waals surface area contributed by atoms with Gasteiger partial charge in [-0.25, -0.2) is 8.42 Å². The Kier molecular flexibility index (Phi) is 2.80. The van der Waals surface area contributed by atoms with Crippen molar-refractivity contribution in [3.8, 4) is 0 Å². The number of nitrogens with two attached hydrogens (primary N) is 1. The van der Waals surface area contributed by atoms with E-state index in [2.05, 4.69) is 4.90 Å². The van der Waals surface area contributed by atoms with Crippen molar-refractivity contribution in [1.29, 1.82) is 0 Å². The molecule has 0 spiro atoms. The molecule has 0 bridgehead atoms. The van der Waals surface area contributed by atoms with Crippen LogP contribution in [0.15, 0.2) is 23.1 Å². The molecule has 0 saturated carbocycles. The zero-order chi connectivity index (χ0) is 11.8. The first-order valence-electron chi connectivity index (χ1n) is 5.33. The van der Waals surface area contributed by atoms with Crippen LogP contribution in [0.3, 0.4) is 0 Å². The molecule has 0 aromatic heterocycles. The van der Waals surface area contributed by atoms with Gasteiger partial charge in [0, 0.05) is 25.0 Å². The van der Waals surface area contributed by atoms with E-state index >= 15 is 0 Å². The number of nitrogen functional groups attached to an aromatic ring is 1. The van der Waals surface area contributed by atoms with Gasteiger partial charge in [-0.05, 0) is 31.0 Å². The molecule has 0 atom stereocenters. The summed E-state index contributed by atoms with van der Waals surface area (Å²) in [5.74, 6) is 0. The predicted octanol–water partition coefficient (Wildman–Crippen LogP) is 1.27. The van der Waals surface area contributed by atoms with E-state index in [1.165, 1.54) is 6.26 Å². The van der Waals surface area contributed by atoms with Crippen molar-refractivity contribution in [1.82, 2.24) is 0 Å². The van der Waals surface area contributed by atoms with Crippen LogP contribution in [0.1, 0.15) is 12.8 Å². The Morgan fingerprint density at radius 2 is 1.88 bits per heavy atom. The summed E-state index contributed by atoms with van der Waals surface area (Å²) in [5, 5.41) is 0. The summed E-state index contributed by atoms with van der Waals surface area (Å²) < 4.78 is 23.3. The fraction of sp³-hybridized carbons (Fsp3) is 0.455. The average molecular weight is 240 g/mol. The Morgan fingerprint density at radius 3 is 2.44 bits per heavy atom. The molecule has 1 aliphatic rings. The van der Waals surface area contributed by atoms with Crippen molar-refractivity contribution >= 4 is 21.2 Å². The van der Waals surface area contributed by atoms with Crippen LogP contribution in [-0.4, -0.2) is 27.8 Å². The van der Waals surface area contributed by atoms with Gasteiger partial charge in [-0.15, -0.1) is 0 Å². The molecular weight excluding hydrogens is 224 g/mol. The van der Waals surface area contributed by atoms with E-state index in [9.17, 15) is 8.42 Å². The lowest BCUT2D eigenvalue weighted by Crippen LogP contribution is -2.20. The molecule has 4 nitrogen and oxygen atoms in total. The molecule has 5 heteroatoms. The van der Waals surface area contributed by atoms with E-state index in [1.54, 1.807) is 18.2 Å². The molecule has 0 radical (unpaired) electrons. The van der Waals surface area contributed by atoms with E-state index < -0.39 is 9.84 Å². The fourth-order valence-corrected chi connectivity index (χ4v) is 2.94. The van der Waals surface area contributed by atoms with Gasteiger partial charge in [0.05, 0.1) is 10.6 Å². The number of hydrogen-bond donors (Lipinski definition) is 1. The van der Waals surface area contributed by atoms with Crippen molar-refractivity contribution in [2.45, 2.75) is 17.7 Å². The second-order valence-electron chi connectivity index (χ2n) is 4.19. The van der Waals surface area contributed by atoms with E-state index in [0.29, 0.717) is 10.6 Å². The van der Waals surface area contributed by atoms with Crippen LogP contribution in [0, 0.1) is 0 Å². The molecule has 2 rings (SSSR count). The molecule has 0 unspecified atom stereocenters. The molecule has 1 aliphatic heterocycles. The van der Waals surface area contributed by atoms with E-state index in [0.717, 1.165) is 31.6 Å². The van der Waals surface area contributed by atoms with Gasteiger partial charge in [-0.2, -0.15) is 0 Å². The second kappa shape index (κ2) is 3.97. The number of benzene rings is 1. The second-order valence-corrected chi connectivity index (χ2v) is 6.18. The minimum atomic E-state index is -3.18. The highest BCUT2D eigenvalue weighted by Crippen LogP contribution is 2.30. The van der Waals surface area contributed by atoms with Crippen LogP contribution >= 0.6 is 0 Å². The zero-order valence-electron chi connectivity index (χ0n) is 9.31. The van der Waals surface area contributed by atoms with Crippen LogP contribution in [-0.2, 0) is 9.84 Å². The predicted molar refractivity (Wildman–Crippen MR) is 65.4 cm³/mol. The lowest BCUT2D eigenvalue weighted by Gasteiger charge is -2.20. The lowest BCUT2D eigenvalue weighted by atomic mass is 10.2. The molecule has 88 valence electrons. The molecule has 1 aromatic rings. The number of sulfone groups is 1. The number of rotatable bonds is 2. The molecule has 0 amide bonds. The minimum absolute atomic E-state index is 0.378. The molecule has 16 heavy (non-hydrogen) atoms. The van der Waals surface area contributed by atoms with Crippen LogP contribution in [0.25, 0.3) is 0 Å². The van der Waals surface area contributed by atoms with Gasteiger partial charge in [0.1, 0.15) is 0 Å². The normalized spacial score (nSPS) is 16.7. The quantitative estimate of drug-likeness (QED) is 0.791. The summed E-state index contributed by atoms with van der Waals surface area (Å²) in [6.45, 7) is 1.82. The van der Waals surface area contributed by atoms with Crippen molar-refractivity contribution in [2.75, 3.05) is 30.0 Å². The largest absolute Gasteiger partial charge is 0.399 e. The maximum absolute atomic E-state index is 11.7. The Labute approximate surface area is 96.0 Å². The highest BCUT2D eigenvalue weighted by Gasteiger charge is 2.20. The minimum Gasteiger partial charge on any atom is -0.399 e. The van der Waals surface area contributed by atoms with Crippen LogP contribution in [0.2, 0.25) is 0 Å². The van der Waals surface area contributed by atoms with E-state index in [1.807, 2.05) is 0 Å². The monoisotopic (exact) mass is 240 g/mol. The maximum atomic E-state index is 11.7. The third-order valence-corrected chi connectivity index (χ3v) is 3.97. The Hall–Kier alpha value is -1.23. The molecule has 1 heterocycles. The molecule has 2 N–H and O–H groups in total. The average Bonchev–Trinajstić information content (AvgIpc) is 2.68. The van der Waals surface area contributed by atoms with Crippen molar-refractivity contribution in [2.24, 2.45) is 0 Å². The smallest absolute Gasteiger partial charge is 0.177 e. The molecule has 1 fully saturated rings. The van der Waals surface area contributed by atoms with Crippen molar-refractivity contribution in [3.63, 3.8) is 0 Å². The Morgan fingerprint density at radius 1 is 1.25 bits per heavy atom. The van der Waals surface area contributed by atoms with Crippen LogP contribution in [0.5, 0.6) is 0 Å². The van der Waals surface area contributed by atoms with Gasteiger partial charge >= 0.3 is 0 Å². The summed E-state index contributed by atoms with van der Waals surface area (Å²) in [6, 6.07) is 4.98. The first-order chi connectivity index (χ1) is 7.48. The molecule has 0 aliphatic carbocycles. The maximum Gasteiger partial charge on any atom is 0.177 e. The number of hydrogen-bond acceptors (Lipinski definition) is 4. The van der Waals surface area contributed by atoms with Crippen LogP contribution < -0.4 is 10.6 Å². The molecule has 1 saturated heterocycles. The number of nitrogens with zero attached hydrogens (tertiary/aromatic N) is 1. The molecule has 1 aromatic carbocycles. The van der Waals surface area contributed by atoms with Gasteiger partial charge in [0.25, 0.3) is 0 Å². The van der Waals surface area contributed by atoms with E-state index in [-0.39, 0.29) is 0 Å². The third-order valence-electron chi connectivity index (χ3n) is 2.83. The lowest BCUT2D eigenvalue weighted by molar-refractivity contribution is 0.601. The Bertz CT molecular complexity index is 491. The van der Waals surface area contributed by atoms with E-state index in [4.69, 9.17) is 5.73 Å². The number of anilines is 2. The van der Waals surface area contributed by atoms with Crippen molar-refractivity contribution in [3.05, 3.63) is 18.2 Å². The Balaban J connectivity index is 2.52. The summed E-state index contributed by atoms with van der Waals surface area (Å²) >= 11 is 0. The van der Waals surface area contributed by atoms with Gasteiger partial charge < -0.3 is 10.6 Å². The molecular formula is C11H16N2O2S. The van der Waals surface area contributed by atoms with Crippen molar-refractivity contribution < 1.29 is 8.42 Å². The highest BCUT2D eigenvalue weighted by atomic mass is 32.2. The SMILES string of the molecule is CS(=O)(=O)c1ccc(N)cc1N1CCCC1. The summed E-state index contributed by atoms with van der Waals surface area (Å²) in [4.78, 5) is 2.47. The first kappa shape index (κ1) is 11.3. The summed E-state index contributed by atoms with van der Waals surface area (Å²) in [6.07, 6.45) is 3.45. The topological polar surface area (TPSA) is 63.4 Å². The zero-order valence-corrected chi connectivity index (χ0v) is 10.1. The van der Waals surface area contributed by atoms with Gasteiger partial charge in [0.2, 0.25) is 0 Å². The van der Waals surface area contributed by atoms with Crippen LogP contribution in [0.4, 0.5) is 11.4 Å². The third kappa shape index (κ3) is 2.14. The highest BCUT2D eigenvalue weighted by molar-refractivity contribution is 7.90. The van der Waals surface area contributed by atoms with Gasteiger partial charge in [0.15, 0.2) is 9.84 Å². The van der Waals surface area contributed by atoms with Gasteiger partial charge in [-0.1, -0.05) is 0 Å². The fourth-order valence-electron chi connectivity index (χ4n) is 2.05. The summed E-state index contributed by atoms with van der Waals surface area (Å²) in [7, 11) is -3.18.